The molecule has 0 atom stereocenters. The second kappa shape index (κ2) is 16.6. The number of benzene rings is 3. The fraction of sp³-hybridized carbons (Fsp3) is 0.375. The summed E-state index contributed by atoms with van der Waals surface area (Å²) in [6, 6.07) is 31.3. The van der Waals surface area contributed by atoms with Gasteiger partial charge in [0.2, 0.25) is 0 Å². The Balaban J connectivity index is 1.56. The zero-order valence-electron chi connectivity index (χ0n) is 33.5. The average molecular weight is 815 g/mol. The van der Waals surface area contributed by atoms with Crippen LogP contribution in [0.3, 0.4) is 0 Å². The van der Waals surface area contributed by atoms with Crippen molar-refractivity contribution in [2.24, 2.45) is 0 Å². The molecule has 0 saturated heterocycles. The van der Waals surface area contributed by atoms with Crippen molar-refractivity contribution in [1.29, 1.82) is 0 Å². The molecular weight excluding hydrogens is 761 g/mol. The van der Waals surface area contributed by atoms with Crippen molar-refractivity contribution in [3.63, 3.8) is 0 Å². The van der Waals surface area contributed by atoms with Gasteiger partial charge in [-0.3, -0.25) is 0 Å². The first-order valence-electron chi connectivity index (χ1n) is 20.4. The minimum atomic E-state index is -1.72. The Morgan fingerprint density at radius 3 is 1.30 bits per heavy atom. The highest BCUT2D eigenvalue weighted by atomic mass is 32.1. The highest BCUT2D eigenvalue weighted by molar-refractivity contribution is 7.26. The maximum absolute atomic E-state index is 4.04. The van der Waals surface area contributed by atoms with E-state index in [2.05, 4.69) is 139 Å². The third kappa shape index (κ3) is 7.48. The smallest absolute Gasteiger partial charge is 0.138 e. The summed E-state index contributed by atoms with van der Waals surface area (Å²) in [6.07, 6.45) is 4.74. The van der Waals surface area contributed by atoms with Gasteiger partial charge in [-0.1, -0.05) is 73.7 Å². The van der Waals surface area contributed by atoms with E-state index in [1.54, 1.807) is 0 Å². The average Bonchev–Trinajstić information content (AvgIpc) is 4.03. The van der Waals surface area contributed by atoms with Gasteiger partial charge < -0.3 is 0 Å². The van der Waals surface area contributed by atoms with Crippen molar-refractivity contribution in [1.82, 2.24) is 0 Å². The van der Waals surface area contributed by atoms with Gasteiger partial charge >= 0.3 is 0 Å². The van der Waals surface area contributed by atoms with Crippen molar-refractivity contribution in [2.45, 2.75) is 117 Å². The zero-order valence-corrected chi connectivity index (χ0v) is 38.7. The topological polar surface area (TPSA) is 0 Å². The number of hydrogen-bond acceptors (Lipinski definition) is 4. The lowest BCUT2D eigenvalue weighted by Gasteiger charge is -2.21. The van der Waals surface area contributed by atoms with Gasteiger partial charge in [0, 0.05) is 60.6 Å². The molecule has 0 spiro atoms. The highest BCUT2D eigenvalue weighted by Gasteiger charge is 2.26. The maximum atomic E-state index is 4.04. The molecule has 7 aromatic rings. The summed E-state index contributed by atoms with van der Waals surface area (Å²) in [7, 11) is -3.43. The summed E-state index contributed by atoms with van der Waals surface area (Å²) >= 11 is 7.77. The molecule has 0 aliphatic rings. The summed E-state index contributed by atoms with van der Waals surface area (Å²) in [6.45, 7) is 18.7. The van der Waals surface area contributed by atoms with Crippen LogP contribution < -0.4 is 0 Å². The summed E-state index contributed by atoms with van der Waals surface area (Å²) in [5.41, 5.74) is 10.5. The van der Waals surface area contributed by atoms with Crippen LogP contribution in [0.5, 0.6) is 0 Å². The molecule has 0 nitrogen and oxygen atoms in total. The largest absolute Gasteiger partial charge is 0.139 e. The van der Waals surface area contributed by atoms with Gasteiger partial charge in [0.15, 0.2) is 0 Å². The molecule has 7 rings (SSSR count). The molecule has 3 aromatic carbocycles. The molecule has 0 saturated carbocycles. The zero-order chi connectivity index (χ0) is 38.0. The first kappa shape index (κ1) is 39.3. The van der Waals surface area contributed by atoms with Crippen LogP contribution in [0.4, 0.5) is 0 Å². The Labute approximate surface area is 342 Å². The minimum Gasteiger partial charge on any atom is -0.139 e. The van der Waals surface area contributed by atoms with Crippen molar-refractivity contribution in [3.8, 4) is 42.4 Å². The van der Waals surface area contributed by atoms with Gasteiger partial charge in [-0.15, -0.1) is 56.4 Å². The molecule has 4 aromatic heterocycles. The molecule has 0 aliphatic heterocycles. The van der Waals surface area contributed by atoms with E-state index in [9.17, 15) is 0 Å². The van der Waals surface area contributed by atoms with Crippen LogP contribution in [-0.4, -0.2) is 16.1 Å². The van der Waals surface area contributed by atoms with E-state index in [4.69, 9.17) is 0 Å². The van der Waals surface area contributed by atoms with Gasteiger partial charge in [-0.2, -0.15) is 0 Å². The van der Waals surface area contributed by atoms with Crippen LogP contribution in [0.25, 0.3) is 61.2 Å². The van der Waals surface area contributed by atoms with Crippen molar-refractivity contribution in [2.75, 3.05) is 0 Å². The molecule has 0 amide bonds. The Morgan fingerprint density at radius 2 is 0.889 bits per heavy atom. The van der Waals surface area contributed by atoms with E-state index in [1.165, 1.54) is 138 Å². The molecular formula is C48H54S4Si2. The highest BCUT2D eigenvalue weighted by Crippen LogP contribution is 2.45. The number of unbranched alkanes of at least 4 members (excludes halogenated alkanes) is 1. The van der Waals surface area contributed by atoms with Crippen molar-refractivity contribution < 1.29 is 0 Å². The fourth-order valence-corrected chi connectivity index (χ4v) is 17.1. The lowest BCUT2D eigenvalue weighted by Crippen LogP contribution is -2.29. The predicted octanol–water partition coefficient (Wildman–Crippen LogP) is 16.6. The van der Waals surface area contributed by atoms with Crippen molar-refractivity contribution in [3.05, 3.63) is 81.5 Å². The summed E-state index contributed by atoms with van der Waals surface area (Å²) in [4.78, 5) is 8.43. The van der Waals surface area contributed by atoms with E-state index < -0.39 is 16.1 Å². The predicted molar refractivity (Wildman–Crippen MR) is 255 cm³/mol. The molecule has 54 heavy (non-hydrogen) atoms. The van der Waals surface area contributed by atoms with E-state index in [-0.39, 0.29) is 0 Å². The Bertz CT molecular complexity index is 2430. The van der Waals surface area contributed by atoms with Crippen LogP contribution in [0, 0.1) is 22.9 Å². The van der Waals surface area contributed by atoms with Gasteiger partial charge in [-0.05, 0) is 138 Å². The SMILES string of the molecule is CCCCc1ccc(-c2cc3cc4c(C#C[Si](CC)(CC)CC)c5cc6sc(-c7ccc(CC)s7)cc6cc5c(C#C[Si](CC)(CC)CC)c4cc3s2)s1. The third-order valence-electron chi connectivity index (χ3n) is 12.3. The van der Waals surface area contributed by atoms with E-state index in [0.29, 0.717) is 0 Å². The van der Waals surface area contributed by atoms with E-state index >= 15 is 0 Å². The Hall–Kier alpha value is -2.95. The van der Waals surface area contributed by atoms with E-state index in [0.717, 1.165) is 6.42 Å². The first-order valence-corrected chi connectivity index (χ1v) is 28.9. The summed E-state index contributed by atoms with van der Waals surface area (Å²) in [5.74, 6) is 7.96. The van der Waals surface area contributed by atoms with Crippen LogP contribution in [0.2, 0.25) is 36.3 Å². The molecule has 278 valence electrons. The standard InChI is InChI=1S/C48H54S4Si2/c1-9-17-18-36-20-22-44(50-36)48-30-34-28-40-38(24-26-54(14-6,15-7)16-8)41-31-45-33(29-47(51-45)43-21-19-35(10-2)49-43)27-39(41)37(42(40)32-46(34)52-48)23-25-53(11-3,12-4)13-5/h19-22,27-32H,9-18H2,1-8H3. The van der Waals surface area contributed by atoms with Crippen LogP contribution >= 0.6 is 45.3 Å². The molecule has 6 heteroatoms. The number of aryl methyl sites for hydroxylation is 2. The molecule has 0 unspecified atom stereocenters. The second-order valence-electron chi connectivity index (χ2n) is 15.0. The molecule has 0 radical (unpaired) electrons. The number of fused-ring (bicyclic) bond motifs is 4. The summed E-state index contributed by atoms with van der Waals surface area (Å²) < 4.78 is 2.68. The quantitative estimate of drug-likeness (QED) is 0.0655. The molecule has 0 N–H and O–H groups in total. The molecule has 0 fully saturated rings. The van der Waals surface area contributed by atoms with Crippen LogP contribution in [-0.2, 0) is 12.8 Å². The molecule has 4 heterocycles. The lowest BCUT2D eigenvalue weighted by molar-refractivity contribution is 0.804. The van der Waals surface area contributed by atoms with Crippen LogP contribution in [0.15, 0.2) is 60.7 Å². The van der Waals surface area contributed by atoms with Gasteiger partial charge in [-0.25, -0.2) is 0 Å². The number of rotatable bonds is 12. The lowest BCUT2D eigenvalue weighted by atomic mass is 9.91. The number of hydrogen-bond donors (Lipinski definition) is 0. The number of thiophene rings is 4. The first-order chi connectivity index (χ1) is 26.2. The fourth-order valence-electron chi connectivity index (χ4n) is 7.92. The monoisotopic (exact) mass is 814 g/mol. The minimum absolute atomic E-state index is 1.08. The van der Waals surface area contributed by atoms with Gasteiger partial charge in [0.25, 0.3) is 0 Å². The van der Waals surface area contributed by atoms with Gasteiger partial charge in [0.05, 0.1) is 0 Å². The third-order valence-corrected chi connectivity index (χ3v) is 26.7. The van der Waals surface area contributed by atoms with Crippen LogP contribution in [0.1, 0.15) is 89.1 Å². The Morgan fingerprint density at radius 1 is 0.463 bits per heavy atom. The Kier molecular flexibility index (Phi) is 12.1. The van der Waals surface area contributed by atoms with E-state index in [1.807, 2.05) is 45.3 Å². The normalized spacial score (nSPS) is 12.1. The maximum Gasteiger partial charge on any atom is 0.138 e. The molecule has 0 bridgehead atoms. The molecule has 0 aliphatic carbocycles. The van der Waals surface area contributed by atoms with Gasteiger partial charge in [0.1, 0.15) is 16.1 Å². The second-order valence-corrected chi connectivity index (χ2v) is 29.4. The summed E-state index contributed by atoms with van der Waals surface area (Å²) in [5, 5.41) is 7.73. The van der Waals surface area contributed by atoms with Crippen molar-refractivity contribution >= 4 is 103 Å².